The van der Waals surface area contributed by atoms with Crippen LogP contribution in [0.25, 0.3) is 0 Å². The molecule has 0 saturated carbocycles. The second kappa shape index (κ2) is 6.59. The van der Waals surface area contributed by atoms with E-state index in [-0.39, 0.29) is 4.90 Å². The zero-order chi connectivity index (χ0) is 19.1. The molecule has 0 bridgehead atoms. The number of carbonyl (C=O) groups is 1. The summed E-state index contributed by atoms with van der Waals surface area (Å²) in [5, 5.41) is 0.374. The van der Waals surface area contributed by atoms with Crippen LogP contribution < -0.4 is 5.69 Å². The minimum Gasteiger partial charge on any atom is -0.268 e. The molecule has 0 N–H and O–H groups in total. The fourth-order valence-electron chi connectivity index (χ4n) is 2.43. The van der Waals surface area contributed by atoms with E-state index in [0.717, 1.165) is 28.1 Å². The molecule has 3 aromatic rings. The van der Waals surface area contributed by atoms with Crippen molar-refractivity contribution < 1.29 is 13.2 Å². The van der Waals surface area contributed by atoms with Gasteiger partial charge in [0.1, 0.15) is 0 Å². The Bertz CT molecular complexity index is 1160. The highest BCUT2D eigenvalue weighted by atomic mass is 35.5. The summed E-state index contributed by atoms with van der Waals surface area (Å²) in [5.41, 5.74) is 1.26. The first-order valence-corrected chi connectivity index (χ1v) is 9.47. The Kier molecular flexibility index (Phi) is 4.60. The molecule has 0 amide bonds. The number of carbonyl (C=O) groups excluding carboxylic acids is 1. The van der Waals surface area contributed by atoms with Gasteiger partial charge in [-0.1, -0.05) is 17.7 Å². The monoisotopic (exact) mass is 390 g/mol. The lowest BCUT2D eigenvalue weighted by molar-refractivity contribution is 0.0956. The minimum atomic E-state index is -4.12. The van der Waals surface area contributed by atoms with E-state index in [4.69, 9.17) is 11.6 Å². The zero-order valence-corrected chi connectivity index (χ0v) is 15.6. The first-order chi connectivity index (χ1) is 12.2. The number of hydrogen-bond donors (Lipinski definition) is 0. The molecular formula is C18H15ClN2O4S. The first-order valence-electron chi connectivity index (χ1n) is 7.65. The maximum atomic E-state index is 12.6. The van der Waals surface area contributed by atoms with E-state index in [0.29, 0.717) is 14.6 Å². The van der Waals surface area contributed by atoms with Gasteiger partial charge >= 0.3 is 5.69 Å². The predicted octanol–water partition coefficient (Wildman–Crippen LogP) is 2.85. The topological polar surface area (TPSA) is 78.1 Å². The molecule has 6 nitrogen and oxygen atoms in total. The number of halogens is 1. The second-order valence-electron chi connectivity index (χ2n) is 5.81. The maximum Gasteiger partial charge on any atom is 0.349 e. The number of aromatic nitrogens is 2. The molecule has 1 aromatic heterocycles. The van der Waals surface area contributed by atoms with Crippen LogP contribution in [0.5, 0.6) is 0 Å². The van der Waals surface area contributed by atoms with E-state index in [9.17, 15) is 18.0 Å². The van der Waals surface area contributed by atoms with Crippen molar-refractivity contribution in [3.05, 3.63) is 87.1 Å². The van der Waals surface area contributed by atoms with Crippen molar-refractivity contribution in [1.82, 2.24) is 8.54 Å². The molecule has 3 rings (SSSR count). The number of hydrogen-bond acceptors (Lipinski definition) is 4. The van der Waals surface area contributed by atoms with Crippen LogP contribution in [0.1, 0.15) is 21.5 Å². The number of nitrogens with zero attached hydrogens (tertiary/aromatic N) is 2. The molecule has 26 heavy (non-hydrogen) atoms. The van der Waals surface area contributed by atoms with Gasteiger partial charge in [0.25, 0.3) is 15.9 Å². The predicted molar refractivity (Wildman–Crippen MR) is 98.4 cm³/mol. The fourth-order valence-corrected chi connectivity index (χ4v) is 3.77. The van der Waals surface area contributed by atoms with Crippen LogP contribution in [-0.2, 0) is 10.0 Å². The highest BCUT2D eigenvalue weighted by Gasteiger charge is 2.23. The second-order valence-corrected chi connectivity index (χ2v) is 8.06. The Morgan fingerprint density at radius 2 is 1.62 bits per heavy atom. The van der Waals surface area contributed by atoms with Crippen molar-refractivity contribution in [1.29, 1.82) is 0 Å². The third-order valence-electron chi connectivity index (χ3n) is 4.09. The third-order valence-corrected chi connectivity index (χ3v) is 6.00. The van der Waals surface area contributed by atoms with Gasteiger partial charge in [-0.3, -0.25) is 4.79 Å². The summed E-state index contributed by atoms with van der Waals surface area (Å²) in [6.07, 6.45) is 2.21. The SMILES string of the molecule is Cc1ccc(C(=O)n2ccn(S(=O)(=O)c3ccc(Cl)cc3)c2=O)cc1C. The van der Waals surface area contributed by atoms with Crippen molar-refractivity contribution >= 4 is 27.5 Å². The molecular weight excluding hydrogens is 376 g/mol. The van der Waals surface area contributed by atoms with Gasteiger partial charge in [-0.2, -0.15) is 3.97 Å². The zero-order valence-electron chi connectivity index (χ0n) is 14.0. The Hall–Kier alpha value is -2.64. The lowest BCUT2D eigenvalue weighted by Gasteiger charge is -2.06. The van der Waals surface area contributed by atoms with Crippen molar-refractivity contribution in [3.8, 4) is 0 Å². The van der Waals surface area contributed by atoms with Crippen LogP contribution in [0.15, 0.2) is 64.5 Å². The Labute approximate surface area is 155 Å². The summed E-state index contributed by atoms with van der Waals surface area (Å²) < 4.78 is 26.6. The summed E-state index contributed by atoms with van der Waals surface area (Å²) in [7, 11) is -4.12. The molecule has 0 unspecified atom stereocenters. The molecule has 0 fully saturated rings. The molecule has 0 radical (unpaired) electrons. The number of imidazole rings is 1. The smallest absolute Gasteiger partial charge is 0.268 e. The van der Waals surface area contributed by atoms with Gasteiger partial charge in [-0.05, 0) is 61.4 Å². The van der Waals surface area contributed by atoms with E-state index in [2.05, 4.69) is 0 Å². The standard InChI is InChI=1S/C18H15ClN2O4S/c1-12-3-4-14(11-13(12)2)17(22)20-9-10-21(18(20)23)26(24,25)16-7-5-15(19)6-8-16/h3-11H,1-2H3. The normalized spacial score (nSPS) is 11.5. The molecule has 1 heterocycles. The third kappa shape index (κ3) is 3.11. The average molecular weight is 391 g/mol. The van der Waals surface area contributed by atoms with E-state index < -0.39 is 21.6 Å². The fraction of sp³-hybridized carbons (Fsp3) is 0.111. The van der Waals surface area contributed by atoms with Crippen LogP contribution in [-0.4, -0.2) is 22.9 Å². The van der Waals surface area contributed by atoms with E-state index in [1.54, 1.807) is 18.2 Å². The maximum absolute atomic E-state index is 12.6. The van der Waals surface area contributed by atoms with Crippen molar-refractivity contribution in [2.75, 3.05) is 0 Å². The van der Waals surface area contributed by atoms with E-state index in [1.165, 1.54) is 24.3 Å². The summed E-state index contributed by atoms with van der Waals surface area (Å²) in [5.74, 6) is -0.594. The molecule has 8 heteroatoms. The molecule has 0 aliphatic carbocycles. The van der Waals surface area contributed by atoms with Crippen LogP contribution >= 0.6 is 11.6 Å². The van der Waals surface area contributed by atoms with Crippen molar-refractivity contribution in [2.24, 2.45) is 0 Å². The molecule has 134 valence electrons. The van der Waals surface area contributed by atoms with Crippen LogP contribution in [0.3, 0.4) is 0 Å². The van der Waals surface area contributed by atoms with Gasteiger partial charge in [0, 0.05) is 23.0 Å². The molecule has 0 aliphatic rings. The summed E-state index contributed by atoms with van der Waals surface area (Å²) in [6, 6.07) is 10.5. The Morgan fingerprint density at radius 3 is 2.23 bits per heavy atom. The number of aryl methyl sites for hydroxylation is 2. The van der Waals surface area contributed by atoms with Crippen LogP contribution in [0, 0.1) is 13.8 Å². The molecule has 0 atom stereocenters. The van der Waals surface area contributed by atoms with Gasteiger partial charge in [0.05, 0.1) is 4.90 Å². The summed E-state index contributed by atoms with van der Waals surface area (Å²) in [4.78, 5) is 25.0. The highest BCUT2D eigenvalue weighted by Crippen LogP contribution is 2.16. The molecule has 0 spiro atoms. The lowest BCUT2D eigenvalue weighted by Crippen LogP contribution is -2.32. The van der Waals surface area contributed by atoms with Crippen molar-refractivity contribution in [3.63, 3.8) is 0 Å². The highest BCUT2D eigenvalue weighted by molar-refractivity contribution is 7.90. The molecule has 0 saturated heterocycles. The summed E-state index contributed by atoms with van der Waals surface area (Å²) >= 11 is 5.76. The first kappa shape index (κ1) is 18.2. The van der Waals surface area contributed by atoms with Gasteiger partial charge in [0.2, 0.25) is 0 Å². The van der Waals surface area contributed by atoms with Crippen molar-refractivity contribution in [2.45, 2.75) is 18.7 Å². The van der Waals surface area contributed by atoms with Crippen LogP contribution in [0.2, 0.25) is 5.02 Å². The number of rotatable bonds is 3. The largest absolute Gasteiger partial charge is 0.349 e. The molecule has 0 aliphatic heterocycles. The van der Waals surface area contributed by atoms with Gasteiger partial charge in [-0.25, -0.2) is 17.8 Å². The van der Waals surface area contributed by atoms with E-state index >= 15 is 0 Å². The average Bonchev–Trinajstić information content (AvgIpc) is 2.99. The minimum absolute atomic E-state index is 0.0969. The molecule has 2 aromatic carbocycles. The van der Waals surface area contributed by atoms with Gasteiger partial charge in [0.15, 0.2) is 0 Å². The van der Waals surface area contributed by atoms with Gasteiger partial charge in [-0.15, -0.1) is 0 Å². The van der Waals surface area contributed by atoms with Crippen LogP contribution in [0.4, 0.5) is 0 Å². The van der Waals surface area contributed by atoms with Gasteiger partial charge < -0.3 is 0 Å². The van der Waals surface area contributed by atoms with E-state index in [1.807, 2.05) is 13.8 Å². The lowest BCUT2D eigenvalue weighted by atomic mass is 10.1. The Balaban J connectivity index is 2.05. The quantitative estimate of drug-likeness (QED) is 0.688. The summed E-state index contributed by atoms with van der Waals surface area (Å²) in [6.45, 7) is 3.76. The Morgan fingerprint density at radius 1 is 0.962 bits per heavy atom. The number of benzene rings is 2.